The van der Waals surface area contributed by atoms with Crippen LogP contribution in [0.4, 0.5) is 0 Å². The van der Waals surface area contributed by atoms with Gasteiger partial charge in [-0.1, -0.05) is 60.1 Å². The summed E-state index contributed by atoms with van der Waals surface area (Å²) < 4.78 is 0. The molecular weight excluding hydrogens is 246 g/mol. The molecule has 2 nitrogen and oxygen atoms in total. The average molecular weight is 281 g/mol. The Hall–Kier alpha value is -0.790. The number of nitrogens with two attached hydrogens (primary N) is 1. The lowest BCUT2D eigenvalue weighted by Gasteiger charge is -2.24. The van der Waals surface area contributed by atoms with Crippen LogP contribution in [0, 0.1) is 23.2 Å². The van der Waals surface area contributed by atoms with Gasteiger partial charge in [0.15, 0.2) is 0 Å². The normalized spacial score (nSPS) is 15.8. The van der Waals surface area contributed by atoms with E-state index >= 15 is 0 Å². The summed E-state index contributed by atoms with van der Waals surface area (Å²) in [4.78, 5) is 11.3. The van der Waals surface area contributed by atoms with Crippen molar-refractivity contribution in [3.8, 4) is 0 Å². The highest BCUT2D eigenvalue weighted by Gasteiger charge is 2.26. The number of amides is 1. The Morgan fingerprint density at radius 3 is 2.30 bits per heavy atom. The van der Waals surface area contributed by atoms with Gasteiger partial charge in [-0.2, -0.15) is 0 Å². The minimum absolute atomic E-state index is 0.188. The second kappa shape index (κ2) is 9.20. The third kappa shape index (κ3) is 9.17. The monoisotopic (exact) mass is 281 g/mol. The van der Waals surface area contributed by atoms with E-state index in [0.29, 0.717) is 11.8 Å². The number of allylic oxidation sites excluding steroid dienone is 2. The zero-order valence-corrected chi connectivity index (χ0v) is 14.4. The van der Waals surface area contributed by atoms with Crippen molar-refractivity contribution in [2.45, 2.75) is 73.6 Å². The highest BCUT2D eigenvalue weighted by Crippen LogP contribution is 2.27. The molecule has 0 bridgehead atoms. The van der Waals surface area contributed by atoms with E-state index in [9.17, 15) is 4.79 Å². The Bertz CT molecular complexity index is 305. The highest BCUT2D eigenvalue weighted by atomic mass is 16.1. The van der Waals surface area contributed by atoms with Crippen molar-refractivity contribution in [3.63, 3.8) is 0 Å². The molecule has 2 atom stereocenters. The lowest BCUT2D eigenvalue weighted by atomic mass is 9.81. The number of primary amides is 1. The molecule has 0 aliphatic carbocycles. The standard InChI is InChI=1S/C18H35NO/c1-14(2)12-15(3)10-8-7-9-11-16(4)13-18(5,6)17(19)20/h8,10,14-16H,7,9,11-13H2,1-6H3,(H2,19,20)/b10-8+. The number of carbonyl (C=O) groups is 1. The Balaban J connectivity index is 3.85. The maximum absolute atomic E-state index is 11.3. The van der Waals surface area contributed by atoms with E-state index in [4.69, 9.17) is 5.73 Å². The summed E-state index contributed by atoms with van der Waals surface area (Å²) in [5, 5.41) is 0. The van der Waals surface area contributed by atoms with Crippen LogP contribution < -0.4 is 5.73 Å². The van der Waals surface area contributed by atoms with Crippen molar-refractivity contribution >= 4 is 5.91 Å². The largest absolute Gasteiger partial charge is 0.369 e. The van der Waals surface area contributed by atoms with Gasteiger partial charge in [0.05, 0.1) is 0 Å². The van der Waals surface area contributed by atoms with Crippen LogP contribution in [0.15, 0.2) is 12.2 Å². The Morgan fingerprint density at radius 2 is 1.80 bits per heavy atom. The van der Waals surface area contributed by atoms with Crippen LogP contribution in [-0.2, 0) is 4.79 Å². The van der Waals surface area contributed by atoms with Crippen molar-refractivity contribution in [1.82, 2.24) is 0 Å². The molecule has 0 saturated carbocycles. The van der Waals surface area contributed by atoms with Gasteiger partial charge in [-0.05, 0) is 43.4 Å². The first kappa shape index (κ1) is 19.2. The SMILES string of the molecule is CC(C)CC(C)/C=C/CCCC(C)CC(C)(C)C(N)=O. The van der Waals surface area contributed by atoms with E-state index in [0.717, 1.165) is 18.8 Å². The molecule has 20 heavy (non-hydrogen) atoms. The van der Waals surface area contributed by atoms with Gasteiger partial charge in [0, 0.05) is 5.41 Å². The maximum atomic E-state index is 11.3. The van der Waals surface area contributed by atoms with E-state index in [1.165, 1.54) is 19.3 Å². The topological polar surface area (TPSA) is 43.1 Å². The fourth-order valence-corrected chi connectivity index (χ4v) is 2.81. The van der Waals surface area contributed by atoms with Crippen molar-refractivity contribution in [2.75, 3.05) is 0 Å². The van der Waals surface area contributed by atoms with Gasteiger partial charge in [0.1, 0.15) is 0 Å². The van der Waals surface area contributed by atoms with Gasteiger partial charge in [0.25, 0.3) is 0 Å². The minimum Gasteiger partial charge on any atom is -0.369 e. The summed E-state index contributed by atoms with van der Waals surface area (Å²) in [6, 6.07) is 0. The van der Waals surface area contributed by atoms with E-state index in [2.05, 4.69) is 39.8 Å². The van der Waals surface area contributed by atoms with Crippen molar-refractivity contribution in [1.29, 1.82) is 0 Å². The van der Waals surface area contributed by atoms with E-state index in [1.54, 1.807) is 0 Å². The molecule has 118 valence electrons. The molecule has 1 amide bonds. The highest BCUT2D eigenvalue weighted by molar-refractivity contribution is 5.79. The van der Waals surface area contributed by atoms with Crippen molar-refractivity contribution < 1.29 is 4.79 Å². The molecule has 0 heterocycles. The van der Waals surface area contributed by atoms with Crippen molar-refractivity contribution in [3.05, 3.63) is 12.2 Å². The van der Waals surface area contributed by atoms with Gasteiger partial charge in [-0.3, -0.25) is 4.79 Å². The van der Waals surface area contributed by atoms with Crippen LogP contribution in [0.25, 0.3) is 0 Å². The first-order valence-electron chi connectivity index (χ1n) is 8.11. The summed E-state index contributed by atoms with van der Waals surface area (Å²) >= 11 is 0. The molecule has 0 aromatic heterocycles. The molecule has 0 radical (unpaired) electrons. The third-order valence-corrected chi connectivity index (χ3v) is 3.90. The molecule has 0 fully saturated rings. The molecule has 2 unspecified atom stereocenters. The second-order valence-electron chi connectivity index (χ2n) is 7.52. The molecule has 0 saturated heterocycles. The summed E-state index contributed by atoms with van der Waals surface area (Å²) in [5.74, 6) is 1.82. The molecule has 2 N–H and O–H groups in total. The lowest BCUT2D eigenvalue weighted by Crippen LogP contribution is -2.33. The zero-order valence-electron chi connectivity index (χ0n) is 14.4. The predicted molar refractivity (Wildman–Crippen MR) is 88.4 cm³/mol. The second-order valence-corrected chi connectivity index (χ2v) is 7.52. The van der Waals surface area contributed by atoms with Crippen LogP contribution in [0.2, 0.25) is 0 Å². The lowest BCUT2D eigenvalue weighted by molar-refractivity contribution is -0.126. The minimum atomic E-state index is -0.374. The van der Waals surface area contributed by atoms with Gasteiger partial charge < -0.3 is 5.73 Å². The zero-order chi connectivity index (χ0) is 15.8. The van der Waals surface area contributed by atoms with Crippen LogP contribution in [0.5, 0.6) is 0 Å². The Morgan fingerprint density at radius 1 is 1.20 bits per heavy atom. The van der Waals surface area contributed by atoms with Crippen molar-refractivity contribution in [2.24, 2.45) is 28.9 Å². The third-order valence-electron chi connectivity index (χ3n) is 3.90. The van der Waals surface area contributed by atoms with Gasteiger partial charge in [-0.15, -0.1) is 0 Å². The number of rotatable bonds is 10. The van der Waals surface area contributed by atoms with E-state index in [-0.39, 0.29) is 11.3 Å². The molecule has 0 aliphatic heterocycles. The fraction of sp³-hybridized carbons (Fsp3) is 0.833. The molecular formula is C18H35NO. The number of hydrogen-bond donors (Lipinski definition) is 1. The quantitative estimate of drug-likeness (QED) is 0.447. The van der Waals surface area contributed by atoms with Gasteiger partial charge in [0.2, 0.25) is 5.91 Å². The average Bonchev–Trinajstić information content (AvgIpc) is 2.26. The molecule has 2 heteroatoms. The predicted octanol–water partition coefficient (Wildman–Crippen LogP) is 4.93. The molecule has 0 aliphatic rings. The van der Waals surface area contributed by atoms with Crippen LogP contribution in [-0.4, -0.2) is 5.91 Å². The number of hydrogen-bond acceptors (Lipinski definition) is 1. The molecule has 0 spiro atoms. The summed E-state index contributed by atoms with van der Waals surface area (Å²) in [5.41, 5.74) is 5.04. The smallest absolute Gasteiger partial charge is 0.223 e. The summed E-state index contributed by atoms with van der Waals surface area (Å²) in [6.45, 7) is 12.9. The fourth-order valence-electron chi connectivity index (χ4n) is 2.81. The summed E-state index contributed by atoms with van der Waals surface area (Å²) in [7, 11) is 0. The molecule has 0 aromatic rings. The summed E-state index contributed by atoms with van der Waals surface area (Å²) in [6.07, 6.45) is 10.3. The van der Waals surface area contributed by atoms with Crippen LogP contribution >= 0.6 is 0 Å². The Labute approximate surface area is 126 Å². The maximum Gasteiger partial charge on any atom is 0.223 e. The Kier molecular flexibility index (Phi) is 8.84. The number of carbonyl (C=O) groups excluding carboxylic acids is 1. The van der Waals surface area contributed by atoms with E-state index < -0.39 is 0 Å². The van der Waals surface area contributed by atoms with E-state index in [1.807, 2.05) is 13.8 Å². The molecule has 0 aromatic carbocycles. The molecule has 0 rings (SSSR count). The van der Waals surface area contributed by atoms with Gasteiger partial charge >= 0.3 is 0 Å². The first-order chi connectivity index (χ1) is 9.15. The van der Waals surface area contributed by atoms with Gasteiger partial charge in [-0.25, -0.2) is 0 Å². The van der Waals surface area contributed by atoms with Crippen LogP contribution in [0.3, 0.4) is 0 Å². The van der Waals surface area contributed by atoms with Crippen LogP contribution in [0.1, 0.15) is 73.6 Å². The number of unbranched alkanes of at least 4 members (excludes halogenated alkanes) is 1. The first-order valence-corrected chi connectivity index (χ1v) is 8.11.